The fourth-order valence-corrected chi connectivity index (χ4v) is 5.18. The maximum absolute atomic E-state index is 12.3. The zero-order valence-corrected chi connectivity index (χ0v) is 19.6. The zero-order valence-electron chi connectivity index (χ0n) is 17.2. The maximum Gasteiger partial charge on any atom is 0.268 e. The molecule has 0 unspecified atom stereocenters. The third-order valence-corrected chi connectivity index (χ3v) is 7.12. The van der Waals surface area contributed by atoms with Gasteiger partial charge in [-0.15, -0.1) is 11.3 Å². The minimum absolute atomic E-state index is 0.0130. The van der Waals surface area contributed by atoms with E-state index in [0.29, 0.717) is 33.3 Å². The molecule has 3 heterocycles. The van der Waals surface area contributed by atoms with Crippen LogP contribution < -0.4 is 5.56 Å². The van der Waals surface area contributed by atoms with Gasteiger partial charge in [0.15, 0.2) is 17.6 Å². The van der Waals surface area contributed by atoms with E-state index in [1.54, 1.807) is 24.5 Å². The van der Waals surface area contributed by atoms with Gasteiger partial charge in [0.05, 0.1) is 20.5 Å². The Kier molecular flexibility index (Phi) is 5.83. The molecule has 5 aromatic rings. The molecule has 166 valence electrons. The molecule has 2 aromatic carbocycles. The van der Waals surface area contributed by atoms with Crippen LogP contribution in [-0.2, 0) is 0 Å². The summed E-state index contributed by atoms with van der Waals surface area (Å²) in [7, 11) is 0. The summed E-state index contributed by atoms with van der Waals surface area (Å²) in [5.41, 5.74) is 3.65. The van der Waals surface area contributed by atoms with Crippen LogP contribution in [0.4, 0.5) is 0 Å². The van der Waals surface area contributed by atoms with E-state index in [2.05, 4.69) is 9.97 Å². The van der Waals surface area contributed by atoms with Crippen molar-refractivity contribution in [2.45, 2.75) is 0 Å². The third-order valence-electron chi connectivity index (χ3n) is 5.35. The number of pyridine rings is 1. The van der Waals surface area contributed by atoms with Gasteiger partial charge in [-0.05, 0) is 17.7 Å². The number of benzene rings is 2. The molecule has 6 nitrogen and oxygen atoms in total. The molecule has 0 saturated heterocycles. The Morgan fingerprint density at radius 1 is 0.824 bits per heavy atom. The Morgan fingerprint density at radius 3 is 2.18 bits per heavy atom. The van der Waals surface area contributed by atoms with Crippen molar-refractivity contribution in [3.8, 4) is 32.7 Å². The quantitative estimate of drug-likeness (QED) is 0.270. The summed E-state index contributed by atoms with van der Waals surface area (Å²) in [6.45, 7) is 0. The third kappa shape index (κ3) is 3.74. The molecule has 0 fully saturated rings. The van der Waals surface area contributed by atoms with E-state index in [-0.39, 0.29) is 5.56 Å². The highest BCUT2D eigenvalue weighted by atomic mass is 35.5. The Bertz CT molecular complexity index is 1660. The highest BCUT2D eigenvalue weighted by Crippen LogP contribution is 2.43. The highest BCUT2D eigenvalue weighted by Gasteiger charge is 2.17. The molecule has 0 aliphatic rings. The number of carbonyl (C=O) groups is 2. The molecule has 0 N–H and O–H groups in total. The number of fused-ring (bicyclic) bond motifs is 1. The Labute approximate surface area is 207 Å². The van der Waals surface area contributed by atoms with Crippen LogP contribution in [0.15, 0.2) is 71.9 Å². The average molecular weight is 506 g/mol. The van der Waals surface area contributed by atoms with E-state index in [0.717, 1.165) is 32.7 Å². The number of hydrogen-bond donors (Lipinski definition) is 0. The van der Waals surface area contributed by atoms with Gasteiger partial charge in [-0.1, -0.05) is 59.6 Å². The van der Waals surface area contributed by atoms with Crippen LogP contribution in [0, 0.1) is 0 Å². The van der Waals surface area contributed by atoms with Crippen LogP contribution in [0.1, 0.15) is 20.2 Å². The molecular weight excluding hydrogens is 493 g/mol. The lowest BCUT2D eigenvalue weighted by molar-refractivity contribution is 0.111. The molecule has 0 aliphatic heterocycles. The average Bonchev–Trinajstić information content (AvgIpc) is 3.34. The van der Waals surface area contributed by atoms with Crippen LogP contribution in [0.25, 0.3) is 38.3 Å². The lowest BCUT2D eigenvalue weighted by atomic mass is 9.97. The van der Waals surface area contributed by atoms with Gasteiger partial charge in [-0.25, -0.2) is 9.97 Å². The number of hydrogen-bond acceptors (Lipinski definition) is 6. The van der Waals surface area contributed by atoms with Gasteiger partial charge in [0.1, 0.15) is 5.65 Å². The minimum Gasteiger partial charge on any atom is -0.298 e. The van der Waals surface area contributed by atoms with Crippen molar-refractivity contribution in [3.05, 3.63) is 98.1 Å². The van der Waals surface area contributed by atoms with E-state index >= 15 is 0 Å². The van der Waals surface area contributed by atoms with Gasteiger partial charge in [-0.2, -0.15) is 0 Å². The van der Waals surface area contributed by atoms with Crippen LogP contribution in [0.3, 0.4) is 0 Å². The Morgan fingerprint density at radius 2 is 1.50 bits per heavy atom. The molecule has 0 spiro atoms. The maximum atomic E-state index is 12.3. The first kappa shape index (κ1) is 22.2. The predicted octanol–water partition coefficient (Wildman–Crippen LogP) is 6.08. The SMILES string of the molecule is O=Cc1ncc(-c2cccc(-c3cccc(-c4ccn5c(=O)c(C=O)cnc5c4)c3Cl)c2Cl)s1. The van der Waals surface area contributed by atoms with Crippen molar-refractivity contribution in [2.24, 2.45) is 0 Å². The molecule has 0 amide bonds. The van der Waals surface area contributed by atoms with Gasteiger partial charge in [0, 0.05) is 40.8 Å². The van der Waals surface area contributed by atoms with Crippen molar-refractivity contribution in [1.82, 2.24) is 14.4 Å². The smallest absolute Gasteiger partial charge is 0.268 e. The number of carbonyl (C=O) groups excluding carboxylic acids is 2. The predicted molar refractivity (Wildman–Crippen MR) is 134 cm³/mol. The van der Waals surface area contributed by atoms with E-state index < -0.39 is 5.56 Å². The number of halogens is 2. The van der Waals surface area contributed by atoms with E-state index in [4.69, 9.17) is 23.2 Å². The summed E-state index contributed by atoms with van der Waals surface area (Å²) in [6.07, 6.45) is 5.64. The summed E-state index contributed by atoms with van der Waals surface area (Å²) in [6, 6.07) is 14.7. The van der Waals surface area contributed by atoms with Crippen molar-refractivity contribution < 1.29 is 9.59 Å². The van der Waals surface area contributed by atoms with E-state index in [9.17, 15) is 14.4 Å². The normalized spacial score (nSPS) is 11.0. The van der Waals surface area contributed by atoms with Crippen molar-refractivity contribution in [3.63, 3.8) is 0 Å². The number of aromatic nitrogens is 3. The molecule has 0 bridgehead atoms. The monoisotopic (exact) mass is 505 g/mol. The van der Waals surface area contributed by atoms with Crippen molar-refractivity contribution in [1.29, 1.82) is 0 Å². The second-order valence-corrected chi connectivity index (χ2v) is 9.11. The molecule has 9 heteroatoms. The van der Waals surface area contributed by atoms with Gasteiger partial charge in [-0.3, -0.25) is 18.8 Å². The van der Waals surface area contributed by atoms with Gasteiger partial charge in [0.25, 0.3) is 5.56 Å². The lowest BCUT2D eigenvalue weighted by Gasteiger charge is -2.14. The molecule has 34 heavy (non-hydrogen) atoms. The fourth-order valence-electron chi connectivity index (χ4n) is 3.70. The van der Waals surface area contributed by atoms with Crippen LogP contribution in [-0.4, -0.2) is 26.9 Å². The Hall–Kier alpha value is -3.65. The summed E-state index contributed by atoms with van der Waals surface area (Å²) in [5.74, 6) is 0. The molecule has 3 aromatic heterocycles. The van der Waals surface area contributed by atoms with Crippen molar-refractivity contribution in [2.75, 3.05) is 0 Å². The first-order valence-corrected chi connectivity index (χ1v) is 11.5. The Balaban J connectivity index is 1.63. The second-order valence-electron chi connectivity index (χ2n) is 7.29. The number of aldehydes is 2. The second kappa shape index (κ2) is 8.95. The van der Waals surface area contributed by atoms with Crippen LogP contribution in [0.5, 0.6) is 0 Å². The number of rotatable bonds is 5. The molecule has 0 atom stereocenters. The number of thiazole rings is 1. The summed E-state index contributed by atoms with van der Waals surface area (Å²) in [4.78, 5) is 43.5. The fraction of sp³-hybridized carbons (Fsp3) is 0. The first-order chi connectivity index (χ1) is 16.5. The highest BCUT2D eigenvalue weighted by molar-refractivity contribution is 7.16. The molecular formula is C25H13Cl2N3O3S. The first-order valence-electron chi connectivity index (χ1n) is 9.97. The molecule has 0 saturated carbocycles. The number of nitrogens with zero attached hydrogens (tertiary/aromatic N) is 3. The molecule has 0 radical (unpaired) electrons. The molecule has 5 rings (SSSR count). The van der Waals surface area contributed by atoms with Crippen molar-refractivity contribution >= 4 is 52.8 Å². The molecule has 0 aliphatic carbocycles. The summed E-state index contributed by atoms with van der Waals surface area (Å²) >= 11 is 14.9. The van der Waals surface area contributed by atoms with Gasteiger partial charge < -0.3 is 0 Å². The van der Waals surface area contributed by atoms with E-state index in [1.165, 1.54) is 21.9 Å². The van der Waals surface area contributed by atoms with Gasteiger partial charge >= 0.3 is 0 Å². The zero-order chi connectivity index (χ0) is 23.8. The minimum atomic E-state index is -0.434. The van der Waals surface area contributed by atoms with Gasteiger partial charge in [0.2, 0.25) is 0 Å². The summed E-state index contributed by atoms with van der Waals surface area (Å²) < 4.78 is 1.31. The summed E-state index contributed by atoms with van der Waals surface area (Å²) in [5, 5.41) is 1.35. The van der Waals surface area contributed by atoms with Crippen LogP contribution >= 0.6 is 34.5 Å². The van der Waals surface area contributed by atoms with E-state index in [1.807, 2.05) is 36.4 Å². The van der Waals surface area contributed by atoms with Crippen LogP contribution in [0.2, 0.25) is 10.0 Å². The standard InChI is InChI=1S/C25H13Cl2N3O3S/c26-23-16(14-7-8-30-21(9-14)28-10-15(12-31)25(30)33)3-1-4-17(23)18-5-2-6-19(24(18)27)20-11-29-22(13-32)34-20/h1-13H. The lowest BCUT2D eigenvalue weighted by Crippen LogP contribution is -2.18. The largest absolute Gasteiger partial charge is 0.298 e. The topological polar surface area (TPSA) is 81.4 Å².